The molecule has 32 heavy (non-hydrogen) atoms. The SMILES string of the molecule is CCOP(COC(=O)c1cc(Oc2ccc(C(F)(F)F)cc2Cl)ccc1[N+](=O)[O-])OCC. The number of rotatable bonds is 10. The van der Waals surface area contributed by atoms with Crippen LogP contribution in [0.3, 0.4) is 0 Å². The van der Waals surface area contributed by atoms with E-state index in [2.05, 4.69) is 0 Å². The minimum Gasteiger partial charge on any atom is -0.456 e. The highest BCUT2D eigenvalue weighted by atomic mass is 35.5. The molecule has 0 heterocycles. The first-order valence-corrected chi connectivity index (χ1v) is 10.8. The number of carbonyl (C=O) groups is 1. The highest BCUT2D eigenvalue weighted by molar-refractivity contribution is 7.47. The Morgan fingerprint density at radius 1 is 1.12 bits per heavy atom. The Morgan fingerprint density at radius 2 is 1.78 bits per heavy atom. The van der Waals surface area contributed by atoms with Gasteiger partial charge in [-0.1, -0.05) is 11.6 Å². The van der Waals surface area contributed by atoms with E-state index in [0.29, 0.717) is 19.3 Å². The molecule has 0 spiro atoms. The topological polar surface area (TPSA) is 97.1 Å². The van der Waals surface area contributed by atoms with Crippen LogP contribution < -0.4 is 4.74 Å². The summed E-state index contributed by atoms with van der Waals surface area (Å²) in [4.78, 5) is 23.0. The summed E-state index contributed by atoms with van der Waals surface area (Å²) >= 11 is 5.86. The average molecular weight is 496 g/mol. The molecule has 8 nitrogen and oxygen atoms in total. The molecule has 2 aromatic carbocycles. The molecule has 0 unspecified atom stereocenters. The molecule has 0 radical (unpaired) electrons. The van der Waals surface area contributed by atoms with Crippen molar-refractivity contribution < 1.29 is 41.4 Å². The third-order valence-corrected chi connectivity index (χ3v) is 5.45. The average Bonchev–Trinajstić information content (AvgIpc) is 2.72. The third kappa shape index (κ3) is 7.03. The van der Waals surface area contributed by atoms with Crippen molar-refractivity contribution in [3.63, 3.8) is 0 Å². The van der Waals surface area contributed by atoms with Crippen molar-refractivity contribution in [1.29, 1.82) is 0 Å². The van der Waals surface area contributed by atoms with Gasteiger partial charge in [0.1, 0.15) is 17.1 Å². The molecule has 2 rings (SSSR count). The molecule has 0 N–H and O–H groups in total. The lowest BCUT2D eigenvalue weighted by Crippen LogP contribution is -2.10. The van der Waals surface area contributed by atoms with Gasteiger partial charge in [0.05, 0.1) is 28.7 Å². The quantitative estimate of drug-likeness (QED) is 0.159. The van der Waals surface area contributed by atoms with Gasteiger partial charge >= 0.3 is 12.1 Å². The van der Waals surface area contributed by atoms with Crippen molar-refractivity contribution in [2.75, 3.05) is 19.6 Å². The molecule has 0 aliphatic heterocycles. The molecule has 2 aromatic rings. The van der Waals surface area contributed by atoms with Crippen molar-refractivity contribution in [1.82, 2.24) is 0 Å². The van der Waals surface area contributed by atoms with Crippen LogP contribution in [0.2, 0.25) is 5.02 Å². The molecule has 0 saturated heterocycles. The van der Waals surface area contributed by atoms with Gasteiger partial charge in [-0.25, -0.2) is 4.79 Å². The van der Waals surface area contributed by atoms with Crippen LogP contribution in [0.15, 0.2) is 36.4 Å². The third-order valence-electron chi connectivity index (χ3n) is 3.72. The van der Waals surface area contributed by atoms with Crippen molar-refractivity contribution in [3.8, 4) is 11.5 Å². The number of hydrogen-bond donors (Lipinski definition) is 0. The molecule has 0 atom stereocenters. The maximum Gasteiger partial charge on any atom is 0.416 e. The number of nitrogens with zero attached hydrogens (tertiary/aromatic N) is 1. The van der Waals surface area contributed by atoms with E-state index in [0.717, 1.165) is 24.3 Å². The van der Waals surface area contributed by atoms with E-state index in [9.17, 15) is 28.1 Å². The van der Waals surface area contributed by atoms with E-state index in [1.807, 2.05) is 0 Å². The van der Waals surface area contributed by atoms with Crippen molar-refractivity contribution in [3.05, 3.63) is 62.7 Å². The summed E-state index contributed by atoms with van der Waals surface area (Å²) < 4.78 is 59.5. The zero-order valence-electron chi connectivity index (χ0n) is 16.8. The van der Waals surface area contributed by atoms with E-state index in [4.69, 9.17) is 30.1 Å². The second kappa shape index (κ2) is 11.4. The number of alkyl halides is 3. The van der Waals surface area contributed by atoms with Gasteiger partial charge in [-0.05, 0) is 38.1 Å². The highest BCUT2D eigenvalue weighted by Crippen LogP contribution is 2.39. The Labute approximate surface area is 187 Å². The Morgan fingerprint density at radius 3 is 2.31 bits per heavy atom. The van der Waals surface area contributed by atoms with Crippen LogP contribution in [0, 0.1) is 10.1 Å². The fraction of sp³-hybridized carbons (Fsp3) is 0.316. The fourth-order valence-electron chi connectivity index (χ4n) is 2.38. The summed E-state index contributed by atoms with van der Waals surface area (Å²) in [6.45, 7) is 4.10. The lowest BCUT2D eigenvalue weighted by molar-refractivity contribution is -0.385. The molecule has 174 valence electrons. The Bertz CT molecular complexity index is 968. The van der Waals surface area contributed by atoms with Crippen LogP contribution >= 0.6 is 20.0 Å². The number of halogens is 4. The first kappa shape index (κ1) is 25.8. The van der Waals surface area contributed by atoms with Crippen LogP contribution in [0.25, 0.3) is 0 Å². The van der Waals surface area contributed by atoms with Gasteiger partial charge in [-0.15, -0.1) is 0 Å². The Balaban J connectivity index is 2.26. The number of nitro groups is 1. The van der Waals surface area contributed by atoms with Crippen LogP contribution in [-0.2, 0) is 20.0 Å². The highest BCUT2D eigenvalue weighted by Gasteiger charge is 2.31. The number of nitro benzene ring substituents is 1. The van der Waals surface area contributed by atoms with E-state index in [1.54, 1.807) is 13.8 Å². The number of esters is 1. The van der Waals surface area contributed by atoms with Gasteiger partial charge < -0.3 is 18.5 Å². The number of hydrogen-bond acceptors (Lipinski definition) is 7. The zero-order valence-corrected chi connectivity index (χ0v) is 18.5. The van der Waals surface area contributed by atoms with E-state index in [1.165, 1.54) is 6.07 Å². The predicted molar refractivity (Wildman–Crippen MR) is 110 cm³/mol. The first-order chi connectivity index (χ1) is 15.1. The Kier molecular flexibility index (Phi) is 9.21. The monoisotopic (exact) mass is 495 g/mol. The van der Waals surface area contributed by atoms with E-state index >= 15 is 0 Å². The second-order valence-electron chi connectivity index (χ2n) is 5.91. The van der Waals surface area contributed by atoms with Crippen LogP contribution in [-0.4, -0.2) is 30.5 Å². The van der Waals surface area contributed by atoms with Crippen LogP contribution in [0.5, 0.6) is 11.5 Å². The summed E-state index contributed by atoms with van der Waals surface area (Å²) in [6.07, 6.45) is -4.84. The molecule has 0 aliphatic rings. The summed E-state index contributed by atoms with van der Waals surface area (Å²) in [5.41, 5.74) is -1.93. The molecule has 0 saturated carbocycles. The number of ether oxygens (including phenoxy) is 2. The predicted octanol–water partition coefficient (Wildman–Crippen LogP) is 6.56. The molecule has 0 bridgehead atoms. The zero-order chi connectivity index (χ0) is 23.9. The maximum absolute atomic E-state index is 12.8. The van der Waals surface area contributed by atoms with Crippen LogP contribution in [0.1, 0.15) is 29.8 Å². The smallest absolute Gasteiger partial charge is 0.416 e. The van der Waals surface area contributed by atoms with Crippen LogP contribution in [0.4, 0.5) is 18.9 Å². The van der Waals surface area contributed by atoms with Gasteiger partial charge in [0.25, 0.3) is 5.69 Å². The molecular formula is C19H18ClF3NO7P. The fourth-order valence-corrected chi connectivity index (χ4v) is 3.62. The second-order valence-corrected chi connectivity index (χ2v) is 7.76. The summed E-state index contributed by atoms with van der Waals surface area (Å²) in [6, 6.07) is 5.68. The van der Waals surface area contributed by atoms with Crippen molar-refractivity contribution in [2.45, 2.75) is 20.0 Å². The largest absolute Gasteiger partial charge is 0.456 e. The lowest BCUT2D eigenvalue weighted by Gasteiger charge is -2.15. The first-order valence-electron chi connectivity index (χ1n) is 9.10. The van der Waals surface area contributed by atoms with Gasteiger partial charge in [-0.3, -0.25) is 10.1 Å². The molecule has 0 aromatic heterocycles. The van der Waals surface area contributed by atoms with Gasteiger partial charge in [0.15, 0.2) is 6.35 Å². The minimum absolute atomic E-state index is 0.0684. The lowest BCUT2D eigenvalue weighted by atomic mass is 10.1. The molecule has 0 fully saturated rings. The number of carbonyl (C=O) groups excluding carboxylic acids is 1. The molecule has 0 aliphatic carbocycles. The van der Waals surface area contributed by atoms with Gasteiger partial charge in [0.2, 0.25) is 8.38 Å². The molecule has 0 amide bonds. The van der Waals surface area contributed by atoms with Gasteiger partial charge in [-0.2, -0.15) is 13.2 Å². The molecule has 13 heteroatoms. The summed E-state index contributed by atoms with van der Waals surface area (Å²) in [5, 5.41) is 11.0. The van der Waals surface area contributed by atoms with E-state index < -0.39 is 42.3 Å². The Hall–Kier alpha value is -2.46. The molecular weight excluding hydrogens is 478 g/mol. The minimum atomic E-state index is -4.59. The summed E-state index contributed by atoms with van der Waals surface area (Å²) in [7, 11) is -1.53. The standard InChI is InChI=1S/C19H18ClF3NO7P/c1-3-29-32(30-4-2)11-28-18(25)14-10-13(6-7-16(14)24(26)27)31-17-8-5-12(9-15(17)20)19(21,22)23/h5-10H,3-4,11H2,1-2H3. The normalized spacial score (nSPS) is 11.5. The maximum atomic E-state index is 12.8. The van der Waals surface area contributed by atoms with E-state index in [-0.39, 0.29) is 22.9 Å². The van der Waals surface area contributed by atoms with Crippen molar-refractivity contribution >= 4 is 31.6 Å². The van der Waals surface area contributed by atoms with Gasteiger partial charge in [0, 0.05) is 12.1 Å². The summed E-state index contributed by atoms with van der Waals surface area (Å²) in [5.74, 6) is -1.22. The van der Waals surface area contributed by atoms with Crippen molar-refractivity contribution in [2.24, 2.45) is 0 Å². The number of benzene rings is 2.